The zero-order valence-electron chi connectivity index (χ0n) is 30.1. The van der Waals surface area contributed by atoms with Gasteiger partial charge in [-0.15, -0.1) is 0 Å². The Morgan fingerprint density at radius 1 is 0.481 bits per heavy atom. The minimum absolute atomic E-state index is 0.0453. The first-order valence-electron chi connectivity index (χ1n) is 18.2. The van der Waals surface area contributed by atoms with Gasteiger partial charge >= 0.3 is 0 Å². The van der Waals surface area contributed by atoms with Crippen LogP contribution in [0.1, 0.15) is 51.3 Å². The molecule has 2 heterocycles. The molecule has 252 valence electrons. The van der Waals surface area contributed by atoms with E-state index in [9.17, 15) is 0 Å². The lowest BCUT2D eigenvalue weighted by atomic mass is 9.81. The third kappa shape index (κ3) is 4.58. The van der Waals surface area contributed by atoms with Gasteiger partial charge in [0.25, 0.3) is 0 Å². The van der Waals surface area contributed by atoms with E-state index in [1.54, 1.807) is 0 Å². The maximum absolute atomic E-state index is 6.81. The van der Waals surface area contributed by atoms with Crippen molar-refractivity contribution in [1.82, 2.24) is 0 Å². The molecule has 9 aromatic rings. The Labute approximate surface area is 303 Å². The quantitative estimate of drug-likeness (QED) is 0.186. The number of hydrogen-bond donors (Lipinski definition) is 0. The highest BCUT2D eigenvalue weighted by Gasteiger charge is 2.39. The summed E-state index contributed by atoms with van der Waals surface area (Å²) < 4.78 is 13.2. The number of furan rings is 2. The van der Waals surface area contributed by atoms with Gasteiger partial charge in [0.05, 0.1) is 0 Å². The largest absolute Gasteiger partial charge is 0.456 e. The van der Waals surface area contributed by atoms with Crippen molar-refractivity contribution >= 4 is 60.9 Å². The molecular formula is C49H39NO2. The van der Waals surface area contributed by atoms with Crippen LogP contribution in [0.15, 0.2) is 154 Å². The fourth-order valence-corrected chi connectivity index (χ4v) is 8.44. The molecule has 3 heteroatoms. The van der Waals surface area contributed by atoms with Crippen molar-refractivity contribution in [3.8, 4) is 22.3 Å². The standard InChI is InChI=1S/C49H39NO2/c1-48(2,3)32-17-22-39-41-26-25-40-36-23-20-34(28-42(36)49(4,5)46(40)47(41)52-44(39)27-32)50(33-18-15-31(16-19-33)30-11-7-6-8-12-30)35-21-24-38-37-13-9-10-14-43(37)51-45(38)29-35/h6-29H,1-5H3. The lowest BCUT2D eigenvalue weighted by molar-refractivity contribution is 0.586. The van der Waals surface area contributed by atoms with Gasteiger partial charge in [0.15, 0.2) is 0 Å². The second-order valence-corrected chi connectivity index (χ2v) is 15.8. The predicted octanol–water partition coefficient (Wildman–Crippen LogP) is 14.2. The molecule has 0 spiro atoms. The molecule has 0 radical (unpaired) electrons. The van der Waals surface area contributed by atoms with E-state index < -0.39 is 0 Å². The highest BCUT2D eigenvalue weighted by Crippen LogP contribution is 2.54. The molecule has 0 atom stereocenters. The highest BCUT2D eigenvalue weighted by atomic mass is 16.3. The van der Waals surface area contributed by atoms with Crippen molar-refractivity contribution in [2.75, 3.05) is 4.90 Å². The molecule has 0 fully saturated rings. The summed E-state index contributed by atoms with van der Waals surface area (Å²) in [4.78, 5) is 2.35. The normalized spacial score (nSPS) is 13.6. The van der Waals surface area contributed by atoms with E-state index in [4.69, 9.17) is 8.83 Å². The SMILES string of the molecule is CC(C)(C)c1ccc2c(c1)oc1c3c(ccc12)-c1ccc(N(c2ccc(-c4ccccc4)cc2)c2ccc4c(c2)oc2ccccc24)cc1C3(C)C. The number of para-hydroxylation sites is 1. The fraction of sp³-hybridized carbons (Fsp3) is 0.143. The lowest BCUT2D eigenvalue weighted by Gasteiger charge is -2.28. The molecular weight excluding hydrogens is 635 g/mol. The zero-order chi connectivity index (χ0) is 35.4. The topological polar surface area (TPSA) is 29.5 Å². The zero-order valence-corrected chi connectivity index (χ0v) is 30.1. The average Bonchev–Trinajstić information content (AvgIpc) is 3.79. The van der Waals surface area contributed by atoms with E-state index in [-0.39, 0.29) is 10.8 Å². The summed E-state index contributed by atoms with van der Waals surface area (Å²) in [5.74, 6) is 0. The van der Waals surface area contributed by atoms with Crippen molar-refractivity contribution in [1.29, 1.82) is 0 Å². The Morgan fingerprint density at radius 3 is 1.88 bits per heavy atom. The molecule has 3 nitrogen and oxygen atoms in total. The third-order valence-corrected chi connectivity index (χ3v) is 11.2. The van der Waals surface area contributed by atoms with Crippen molar-refractivity contribution in [3.05, 3.63) is 162 Å². The Bertz CT molecular complexity index is 2850. The molecule has 1 aliphatic rings. The van der Waals surface area contributed by atoms with Crippen LogP contribution < -0.4 is 4.90 Å². The molecule has 7 aromatic carbocycles. The van der Waals surface area contributed by atoms with Crippen molar-refractivity contribution in [2.24, 2.45) is 0 Å². The highest BCUT2D eigenvalue weighted by molar-refractivity contribution is 6.10. The molecule has 0 amide bonds. The molecule has 52 heavy (non-hydrogen) atoms. The molecule has 10 rings (SSSR count). The summed E-state index contributed by atoms with van der Waals surface area (Å²) in [6, 6.07) is 52.5. The van der Waals surface area contributed by atoms with E-state index >= 15 is 0 Å². The molecule has 0 saturated heterocycles. The van der Waals surface area contributed by atoms with Gasteiger partial charge in [0.1, 0.15) is 22.3 Å². The second kappa shape index (κ2) is 11.0. The summed E-state index contributed by atoms with van der Waals surface area (Å²) in [6.07, 6.45) is 0. The van der Waals surface area contributed by atoms with Crippen LogP contribution in [0.25, 0.3) is 66.1 Å². The van der Waals surface area contributed by atoms with Gasteiger partial charge in [0.2, 0.25) is 0 Å². The minimum atomic E-state index is -0.285. The monoisotopic (exact) mass is 673 g/mol. The van der Waals surface area contributed by atoms with E-state index in [0.29, 0.717) is 0 Å². The number of fused-ring (bicyclic) bond motifs is 10. The van der Waals surface area contributed by atoms with Crippen molar-refractivity contribution < 1.29 is 8.83 Å². The Kier molecular flexibility index (Phi) is 6.48. The van der Waals surface area contributed by atoms with Gasteiger partial charge in [0, 0.05) is 55.7 Å². The van der Waals surface area contributed by atoms with Gasteiger partial charge < -0.3 is 13.7 Å². The van der Waals surface area contributed by atoms with Gasteiger partial charge in [-0.1, -0.05) is 120 Å². The van der Waals surface area contributed by atoms with Crippen LogP contribution in [0.2, 0.25) is 0 Å². The number of nitrogens with zero attached hydrogens (tertiary/aromatic N) is 1. The number of anilines is 3. The average molecular weight is 674 g/mol. The summed E-state index contributed by atoms with van der Waals surface area (Å²) in [5, 5.41) is 4.60. The smallest absolute Gasteiger partial charge is 0.140 e. The summed E-state index contributed by atoms with van der Waals surface area (Å²) in [5.41, 5.74) is 15.4. The molecule has 2 aromatic heterocycles. The third-order valence-electron chi connectivity index (χ3n) is 11.2. The van der Waals surface area contributed by atoms with Crippen LogP contribution in [0.3, 0.4) is 0 Å². The van der Waals surface area contributed by atoms with Crippen LogP contribution in [0, 0.1) is 0 Å². The van der Waals surface area contributed by atoms with E-state index in [1.807, 2.05) is 12.1 Å². The molecule has 0 bridgehead atoms. The van der Waals surface area contributed by atoms with E-state index in [2.05, 4.69) is 173 Å². The van der Waals surface area contributed by atoms with Crippen LogP contribution in [-0.4, -0.2) is 0 Å². The van der Waals surface area contributed by atoms with Crippen LogP contribution in [-0.2, 0) is 10.8 Å². The summed E-state index contributed by atoms with van der Waals surface area (Å²) in [6.45, 7) is 11.4. The molecule has 0 aliphatic heterocycles. The maximum Gasteiger partial charge on any atom is 0.140 e. The minimum Gasteiger partial charge on any atom is -0.456 e. The second-order valence-electron chi connectivity index (χ2n) is 15.8. The number of benzene rings is 7. The first kappa shape index (κ1) is 30.7. The predicted molar refractivity (Wildman–Crippen MR) is 217 cm³/mol. The van der Waals surface area contributed by atoms with Gasteiger partial charge in [-0.05, 0) is 93.4 Å². The van der Waals surface area contributed by atoms with Crippen molar-refractivity contribution in [2.45, 2.75) is 45.4 Å². The number of rotatable bonds is 4. The first-order chi connectivity index (χ1) is 25.1. The van der Waals surface area contributed by atoms with E-state index in [1.165, 1.54) is 49.7 Å². The first-order valence-corrected chi connectivity index (χ1v) is 18.2. The molecule has 0 saturated carbocycles. The molecule has 0 N–H and O–H groups in total. The van der Waals surface area contributed by atoms with Crippen LogP contribution in [0.5, 0.6) is 0 Å². The van der Waals surface area contributed by atoms with Crippen LogP contribution >= 0.6 is 0 Å². The van der Waals surface area contributed by atoms with E-state index in [0.717, 1.165) is 50.2 Å². The Balaban J connectivity index is 1.13. The Morgan fingerprint density at radius 2 is 1.08 bits per heavy atom. The number of hydrogen-bond acceptors (Lipinski definition) is 3. The van der Waals surface area contributed by atoms with Gasteiger partial charge in [-0.2, -0.15) is 0 Å². The van der Waals surface area contributed by atoms with Gasteiger partial charge in [-0.25, -0.2) is 0 Å². The maximum atomic E-state index is 6.81. The molecule has 0 unspecified atom stereocenters. The molecule has 1 aliphatic carbocycles. The van der Waals surface area contributed by atoms with Crippen molar-refractivity contribution in [3.63, 3.8) is 0 Å². The van der Waals surface area contributed by atoms with Crippen LogP contribution in [0.4, 0.5) is 17.1 Å². The summed E-state index contributed by atoms with van der Waals surface area (Å²) in [7, 11) is 0. The fourth-order valence-electron chi connectivity index (χ4n) is 8.44. The Hall–Kier alpha value is -6.06. The summed E-state index contributed by atoms with van der Waals surface area (Å²) >= 11 is 0. The van der Waals surface area contributed by atoms with Gasteiger partial charge in [-0.3, -0.25) is 0 Å². The lowest BCUT2D eigenvalue weighted by Crippen LogP contribution is -2.17.